The molecule has 0 aromatic rings. The molecule has 0 aromatic carbocycles. The molecule has 0 N–H and O–H groups in total. The normalized spacial score (nSPS) is 22.3. The van der Waals surface area contributed by atoms with Crippen LogP contribution < -0.4 is 0 Å². The molecule has 1 aliphatic rings. The van der Waals surface area contributed by atoms with Crippen molar-refractivity contribution in [3.05, 3.63) is 0 Å². The van der Waals surface area contributed by atoms with Crippen molar-refractivity contribution in [1.29, 1.82) is 0 Å². The summed E-state index contributed by atoms with van der Waals surface area (Å²) in [6.45, 7) is 4.17. The molecular formula is C9H15NO3. The molecule has 2 amide bonds. The number of unbranched alkanes of at least 4 members (excludes halogenated alkanes) is 2. The minimum atomic E-state index is -0.589. The third-order valence-electron chi connectivity index (χ3n) is 2.10. The number of cyclic esters (lactones) is 1. The maximum Gasteiger partial charge on any atom is 0.417 e. The number of nitrogens with zero attached hydrogens (tertiary/aromatic N) is 1. The lowest BCUT2D eigenvalue weighted by Gasteiger charge is -2.09. The van der Waals surface area contributed by atoms with Crippen molar-refractivity contribution in [2.45, 2.75) is 39.2 Å². The first kappa shape index (κ1) is 10.0. The maximum atomic E-state index is 11.3. The van der Waals surface area contributed by atoms with Gasteiger partial charge in [0.05, 0.1) is 0 Å². The number of ether oxygens (including phenoxy) is 1. The van der Waals surface area contributed by atoms with Gasteiger partial charge in [-0.05, 0) is 13.3 Å². The molecule has 4 heteroatoms. The SMILES string of the molecule is CCCCCN1C(=O)OC(C)C1=O. The molecule has 1 rings (SSSR count). The van der Waals surface area contributed by atoms with Crippen LogP contribution in [0.25, 0.3) is 0 Å². The molecule has 0 aliphatic carbocycles. The van der Waals surface area contributed by atoms with Crippen LogP contribution in [-0.4, -0.2) is 29.5 Å². The lowest BCUT2D eigenvalue weighted by atomic mass is 10.2. The molecule has 4 nitrogen and oxygen atoms in total. The van der Waals surface area contributed by atoms with Gasteiger partial charge in [-0.25, -0.2) is 9.69 Å². The topological polar surface area (TPSA) is 46.6 Å². The first-order valence-corrected chi connectivity index (χ1v) is 4.68. The van der Waals surface area contributed by atoms with Gasteiger partial charge in [0.1, 0.15) is 0 Å². The Bertz CT molecular complexity index is 215. The molecule has 0 spiro atoms. The third-order valence-corrected chi connectivity index (χ3v) is 2.10. The highest BCUT2D eigenvalue weighted by Crippen LogP contribution is 2.13. The van der Waals surface area contributed by atoms with Crippen LogP contribution in [0.5, 0.6) is 0 Å². The minimum absolute atomic E-state index is 0.207. The van der Waals surface area contributed by atoms with Crippen molar-refractivity contribution < 1.29 is 14.3 Å². The zero-order valence-corrected chi connectivity index (χ0v) is 8.08. The molecule has 1 heterocycles. The van der Waals surface area contributed by atoms with Gasteiger partial charge in [0.2, 0.25) is 0 Å². The van der Waals surface area contributed by atoms with Crippen molar-refractivity contribution in [3.8, 4) is 0 Å². The molecular weight excluding hydrogens is 170 g/mol. The Balaban J connectivity index is 2.40. The second-order valence-corrected chi connectivity index (χ2v) is 3.22. The maximum absolute atomic E-state index is 11.3. The average Bonchev–Trinajstić information content (AvgIpc) is 2.32. The summed E-state index contributed by atoms with van der Waals surface area (Å²) < 4.78 is 4.75. The van der Waals surface area contributed by atoms with Gasteiger partial charge in [-0.1, -0.05) is 19.8 Å². The van der Waals surface area contributed by atoms with Crippen molar-refractivity contribution in [1.82, 2.24) is 4.90 Å². The molecule has 1 fully saturated rings. The Morgan fingerprint density at radius 2 is 2.08 bits per heavy atom. The summed E-state index contributed by atoms with van der Waals surface area (Å²) in [5, 5.41) is 0. The quantitative estimate of drug-likeness (QED) is 0.624. The Hall–Kier alpha value is -1.06. The summed E-state index contributed by atoms with van der Waals surface area (Å²) >= 11 is 0. The molecule has 0 radical (unpaired) electrons. The van der Waals surface area contributed by atoms with Crippen LogP contribution in [-0.2, 0) is 9.53 Å². The van der Waals surface area contributed by atoms with E-state index in [4.69, 9.17) is 4.74 Å². The Labute approximate surface area is 77.8 Å². The van der Waals surface area contributed by atoms with Crippen LogP contribution >= 0.6 is 0 Å². The van der Waals surface area contributed by atoms with Gasteiger partial charge in [-0.2, -0.15) is 0 Å². The molecule has 0 bridgehead atoms. The lowest BCUT2D eigenvalue weighted by Crippen LogP contribution is -2.31. The second kappa shape index (κ2) is 4.25. The molecule has 1 aliphatic heterocycles. The molecule has 0 saturated carbocycles. The van der Waals surface area contributed by atoms with Crippen LogP contribution in [0, 0.1) is 0 Å². The Morgan fingerprint density at radius 3 is 2.54 bits per heavy atom. The van der Waals surface area contributed by atoms with Crippen molar-refractivity contribution in [2.24, 2.45) is 0 Å². The monoisotopic (exact) mass is 185 g/mol. The fourth-order valence-corrected chi connectivity index (χ4v) is 1.30. The van der Waals surface area contributed by atoms with Crippen LogP contribution in [0.3, 0.4) is 0 Å². The van der Waals surface area contributed by atoms with E-state index < -0.39 is 12.2 Å². The lowest BCUT2D eigenvalue weighted by molar-refractivity contribution is -0.129. The number of carbonyl (C=O) groups is 2. The van der Waals surface area contributed by atoms with E-state index in [1.165, 1.54) is 4.90 Å². The molecule has 1 saturated heterocycles. The van der Waals surface area contributed by atoms with Gasteiger partial charge in [-0.3, -0.25) is 4.79 Å². The van der Waals surface area contributed by atoms with E-state index in [0.717, 1.165) is 19.3 Å². The number of carbonyl (C=O) groups excluding carboxylic acids is 2. The summed E-state index contributed by atoms with van der Waals surface area (Å²) in [5.41, 5.74) is 0. The van der Waals surface area contributed by atoms with Crippen LogP contribution in [0.15, 0.2) is 0 Å². The van der Waals surface area contributed by atoms with E-state index in [1.807, 2.05) is 0 Å². The van der Waals surface area contributed by atoms with E-state index in [9.17, 15) is 9.59 Å². The third kappa shape index (κ3) is 2.20. The van der Waals surface area contributed by atoms with E-state index in [0.29, 0.717) is 6.54 Å². The summed E-state index contributed by atoms with van der Waals surface area (Å²) in [6, 6.07) is 0. The summed E-state index contributed by atoms with van der Waals surface area (Å²) in [4.78, 5) is 23.6. The molecule has 13 heavy (non-hydrogen) atoms. The molecule has 74 valence electrons. The van der Waals surface area contributed by atoms with Gasteiger partial charge in [0.25, 0.3) is 5.91 Å². The fraction of sp³-hybridized carbons (Fsp3) is 0.778. The zero-order chi connectivity index (χ0) is 9.84. The molecule has 0 aromatic heterocycles. The second-order valence-electron chi connectivity index (χ2n) is 3.22. The first-order valence-electron chi connectivity index (χ1n) is 4.68. The summed E-state index contributed by atoms with van der Waals surface area (Å²) in [5.74, 6) is -0.207. The van der Waals surface area contributed by atoms with Gasteiger partial charge >= 0.3 is 6.09 Å². The summed E-state index contributed by atoms with van der Waals surface area (Å²) in [7, 11) is 0. The minimum Gasteiger partial charge on any atom is -0.436 e. The van der Waals surface area contributed by atoms with Gasteiger partial charge < -0.3 is 4.74 Å². The Morgan fingerprint density at radius 1 is 1.38 bits per heavy atom. The standard InChI is InChI=1S/C9H15NO3/c1-3-4-5-6-10-8(11)7(2)13-9(10)12/h7H,3-6H2,1-2H3. The predicted octanol–water partition coefficient (Wildman–Crippen LogP) is 1.54. The number of amides is 2. The summed E-state index contributed by atoms with van der Waals surface area (Å²) in [6.07, 6.45) is 1.89. The van der Waals surface area contributed by atoms with Crippen molar-refractivity contribution in [3.63, 3.8) is 0 Å². The highest BCUT2D eigenvalue weighted by molar-refractivity contribution is 5.99. The first-order chi connectivity index (χ1) is 6.16. The fourth-order valence-electron chi connectivity index (χ4n) is 1.30. The Kier molecular flexibility index (Phi) is 3.28. The predicted molar refractivity (Wildman–Crippen MR) is 47.2 cm³/mol. The van der Waals surface area contributed by atoms with Gasteiger partial charge in [0, 0.05) is 6.54 Å². The van der Waals surface area contributed by atoms with E-state index in [-0.39, 0.29) is 5.91 Å². The molecule has 1 unspecified atom stereocenters. The highest BCUT2D eigenvalue weighted by Gasteiger charge is 2.36. The largest absolute Gasteiger partial charge is 0.436 e. The average molecular weight is 185 g/mol. The smallest absolute Gasteiger partial charge is 0.417 e. The zero-order valence-electron chi connectivity index (χ0n) is 8.08. The van der Waals surface area contributed by atoms with Crippen LogP contribution in [0.2, 0.25) is 0 Å². The van der Waals surface area contributed by atoms with Crippen LogP contribution in [0.4, 0.5) is 4.79 Å². The number of imide groups is 1. The van der Waals surface area contributed by atoms with Gasteiger partial charge in [-0.15, -0.1) is 0 Å². The van der Waals surface area contributed by atoms with E-state index in [2.05, 4.69) is 6.92 Å². The van der Waals surface area contributed by atoms with Crippen LogP contribution in [0.1, 0.15) is 33.1 Å². The van der Waals surface area contributed by atoms with Gasteiger partial charge in [0.15, 0.2) is 6.10 Å². The van der Waals surface area contributed by atoms with E-state index >= 15 is 0 Å². The van der Waals surface area contributed by atoms with Crippen molar-refractivity contribution >= 4 is 12.0 Å². The number of hydrogen-bond acceptors (Lipinski definition) is 3. The van der Waals surface area contributed by atoms with E-state index in [1.54, 1.807) is 6.92 Å². The number of rotatable bonds is 4. The number of hydrogen-bond donors (Lipinski definition) is 0. The highest BCUT2D eigenvalue weighted by atomic mass is 16.6. The molecule has 1 atom stereocenters. The van der Waals surface area contributed by atoms with Crippen molar-refractivity contribution in [2.75, 3.05) is 6.54 Å².